The lowest BCUT2D eigenvalue weighted by molar-refractivity contribution is 0.225. The summed E-state index contributed by atoms with van der Waals surface area (Å²) in [6.07, 6.45) is 3.54. The SMILES string of the molecule is CCN(CCC1CCN(C)P(=NC(C)(C)C)(N(CC)CC)N1C)P1(=NC(C)(C)C)NCCCN1C. The summed E-state index contributed by atoms with van der Waals surface area (Å²) in [6.45, 7) is 27.8. The molecule has 208 valence electrons. The molecule has 0 bridgehead atoms. The third-order valence-electron chi connectivity index (χ3n) is 7.12. The van der Waals surface area contributed by atoms with Gasteiger partial charge in [-0.3, -0.25) is 14.6 Å². The summed E-state index contributed by atoms with van der Waals surface area (Å²) in [4.78, 5) is 0. The Kier molecular flexibility index (Phi) is 11.1. The van der Waals surface area contributed by atoms with Gasteiger partial charge in [0.1, 0.15) is 0 Å². The van der Waals surface area contributed by atoms with Gasteiger partial charge in [-0.25, -0.2) is 23.4 Å². The molecular weight excluding hydrogens is 474 g/mol. The van der Waals surface area contributed by atoms with E-state index in [9.17, 15) is 0 Å². The highest BCUT2D eigenvalue weighted by Crippen LogP contribution is 2.63. The Hall–Kier alpha value is 0.220. The number of rotatable bonds is 8. The van der Waals surface area contributed by atoms with Crippen LogP contribution in [0.25, 0.3) is 0 Å². The van der Waals surface area contributed by atoms with E-state index < -0.39 is 15.0 Å². The molecule has 0 aliphatic carbocycles. The van der Waals surface area contributed by atoms with Crippen LogP contribution in [0.5, 0.6) is 0 Å². The topological polar surface area (TPSA) is 53.0 Å². The minimum atomic E-state index is -1.96. The lowest BCUT2D eigenvalue weighted by Gasteiger charge is -2.54. The fourth-order valence-corrected chi connectivity index (χ4v) is 13.7. The molecule has 10 heteroatoms. The largest absolute Gasteiger partial charge is 0.259 e. The van der Waals surface area contributed by atoms with Gasteiger partial charge in [0.2, 0.25) is 0 Å². The molecule has 8 nitrogen and oxygen atoms in total. The lowest BCUT2D eigenvalue weighted by atomic mass is 10.1. The van der Waals surface area contributed by atoms with Crippen LogP contribution in [0.3, 0.4) is 0 Å². The van der Waals surface area contributed by atoms with Gasteiger partial charge in [0.15, 0.2) is 15.0 Å². The summed E-state index contributed by atoms with van der Waals surface area (Å²) >= 11 is 0. The van der Waals surface area contributed by atoms with Gasteiger partial charge in [-0.05, 0) is 81.9 Å². The predicted octanol–water partition coefficient (Wildman–Crippen LogP) is 6.09. The molecule has 0 saturated carbocycles. The van der Waals surface area contributed by atoms with Crippen molar-refractivity contribution in [2.45, 2.75) is 98.7 Å². The van der Waals surface area contributed by atoms with Gasteiger partial charge >= 0.3 is 0 Å². The molecule has 0 spiro atoms. The van der Waals surface area contributed by atoms with Crippen LogP contribution >= 0.6 is 15.0 Å². The Bertz CT molecular complexity index is 781. The molecule has 0 aromatic carbocycles. The van der Waals surface area contributed by atoms with E-state index in [4.69, 9.17) is 9.49 Å². The summed E-state index contributed by atoms with van der Waals surface area (Å²) in [6, 6.07) is 0.519. The van der Waals surface area contributed by atoms with E-state index in [1.165, 1.54) is 12.8 Å². The van der Waals surface area contributed by atoms with Crippen molar-refractivity contribution < 1.29 is 0 Å². The normalized spacial score (nSPS) is 30.3. The smallest absolute Gasteiger partial charge is 0.168 e. The number of nitrogens with one attached hydrogen (secondary N) is 1. The highest BCUT2D eigenvalue weighted by atomic mass is 31.2. The molecular formula is C25H58N8P2. The molecule has 2 saturated heterocycles. The number of nitrogens with zero attached hydrogens (tertiary/aromatic N) is 7. The zero-order valence-corrected chi connectivity index (χ0v) is 27.0. The van der Waals surface area contributed by atoms with Gasteiger partial charge in [0.25, 0.3) is 0 Å². The van der Waals surface area contributed by atoms with Crippen molar-refractivity contribution in [3.05, 3.63) is 0 Å². The molecule has 2 rings (SSSR count). The number of hydrogen-bond acceptors (Lipinski definition) is 2. The first-order valence-corrected chi connectivity index (χ1v) is 17.1. The summed E-state index contributed by atoms with van der Waals surface area (Å²) in [5, 5.41) is 3.93. The van der Waals surface area contributed by atoms with Crippen LogP contribution in [0.4, 0.5) is 0 Å². The van der Waals surface area contributed by atoms with Crippen LogP contribution in [-0.2, 0) is 0 Å². The van der Waals surface area contributed by atoms with Crippen molar-refractivity contribution in [2.75, 3.05) is 67.0 Å². The molecule has 0 aromatic heterocycles. The maximum atomic E-state index is 5.61. The van der Waals surface area contributed by atoms with E-state index in [-0.39, 0.29) is 11.1 Å². The van der Waals surface area contributed by atoms with Gasteiger partial charge in [0.05, 0.1) is 11.1 Å². The van der Waals surface area contributed by atoms with E-state index in [2.05, 4.69) is 112 Å². The van der Waals surface area contributed by atoms with Gasteiger partial charge in [0, 0.05) is 51.9 Å². The molecule has 3 unspecified atom stereocenters. The predicted molar refractivity (Wildman–Crippen MR) is 157 cm³/mol. The van der Waals surface area contributed by atoms with Crippen molar-refractivity contribution >= 4 is 15.0 Å². The van der Waals surface area contributed by atoms with Crippen LogP contribution in [-0.4, -0.2) is 107 Å². The minimum Gasteiger partial charge on any atom is -0.259 e. The maximum Gasteiger partial charge on any atom is 0.168 e. The summed E-state index contributed by atoms with van der Waals surface area (Å²) in [5.74, 6) is 0. The second-order valence-corrected chi connectivity index (χ2v) is 18.2. The number of hydrogen-bond donors (Lipinski definition) is 1. The molecule has 35 heavy (non-hydrogen) atoms. The van der Waals surface area contributed by atoms with Gasteiger partial charge in [-0.1, -0.05) is 20.8 Å². The second kappa shape index (κ2) is 12.4. The van der Waals surface area contributed by atoms with Gasteiger partial charge < -0.3 is 0 Å². The van der Waals surface area contributed by atoms with Crippen molar-refractivity contribution in [3.63, 3.8) is 0 Å². The second-order valence-electron chi connectivity index (χ2n) is 12.2. The zero-order chi connectivity index (χ0) is 26.7. The maximum absolute atomic E-state index is 5.61. The van der Waals surface area contributed by atoms with E-state index in [0.717, 1.165) is 52.2 Å². The first kappa shape index (κ1) is 31.4. The quantitative estimate of drug-likeness (QED) is 0.382. The van der Waals surface area contributed by atoms with E-state index in [0.29, 0.717) is 6.04 Å². The van der Waals surface area contributed by atoms with Crippen LogP contribution in [0.1, 0.15) is 81.6 Å². The minimum absolute atomic E-state index is 0.0703. The van der Waals surface area contributed by atoms with Crippen molar-refractivity contribution in [1.29, 1.82) is 0 Å². The van der Waals surface area contributed by atoms with E-state index >= 15 is 0 Å². The Morgan fingerprint density at radius 3 is 1.89 bits per heavy atom. The Morgan fingerprint density at radius 2 is 1.40 bits per heavy atom. The molecule has 2 fully saturated rings. The molecule has 0 radical (unpaired) electrons. The van der Waals surface area contributed by atoms with Crippen molar-refractivity contribution in [1.82, 2.24) is 28.4 Å². The summed E-state index contributed by atoms with van der Waals surface area (Å²) in [7, 11) is 3.05. The first-order valence-electron chi connectivity index (χ1n) is 13.9. The fraction of sp³-hybridized carbons (Fsp3) is 1.00. The molecule has 1 N–H and O–H groups in total. The third kappa shape index (κ3) is 7.20. The Balaban J connectivity index is 2.42. The van der Waals surface area contributed by atoms with E-state index in [1.807, 2.05) is 0 Å². The molecule has 0 amide bonds. The summed E-state index contributed by atoms with van der Waals surface area (Å²) < 4.78 is 24.2. The highest BCUT2D eigenvalue weighted by Gasteiger charge is 2.44. The van der Waals surface area contributed by atoms with Crippen molar-refractivity contribution in [2.24, 2.45) is 9.49 Å². The van der Waals surface area contributed by atoms with Crippen LogP contribution in [0.2, 0.25) is 0 Å². The average molecular weight is 533 g/mol. The van der Waals surface area contributed by atoms with Crippen LogP contribution in [0, 0.1) is 0 Å². The highest BCUT2D eigenvalue weighted by molar-refractivity contribution is 7.59. The molecule has 3 atom stereocenters. The lowest BCUT2D eigenvalue weighted by Crippen LogP contribution is -2.50. The molecule has 2 aliphatic heterocycles. The third-order valence-corrected chi connectivity index (χ3v) is 15.5. The van der Waals surface area contributed by atoms with Gasteiger partial charge in [-0.15, -0.1) is 0 Å². The van der Waals surface area contributed by atoms with E-state index in [1.54, 1.807) is 0 Å². The zero-order valence-electron chi connectivity index (χ0n) is 25.2. The average Bonchev–Trinajstić information content (AvgIpc) is 2.74. The Labute approximate surface area is 218 Å². The Morgan fingerprint density at radius 1 is 0.829 bits per heavy atom. The molecule has 0 aromatic rings. The van der Waals surface area contributed by atoms with Crippen LogP contribution in [0.15, 0.2) is 9.49 Å². The molecule has 2 heterocycles. The first-order chi connectivity index (χ1) is 16.2. The standard InChI is InChI=1S/C25H58N8P2/c1-13-32(14-2)35(28-25(7,8)9)30(11)21-17-23(31(35)12)18-22-33(15-3)34(27-24(4,5)6)26-19-16-20-29(34)10/h23,26H,13-22H2,1-12H3. The fourth-order valence-electron chi connectivity index (χ4n) is 5.58. The van der Waals surface area contributed by atoms with Gasteiger partial charge in [-0.2, -0.15) is 0 Å². The van der Waals surface area contributed by atoms with Crippen LogP contribution < -0.4 is 5.09 Å². The monoisotopic (exact) mass is 532 g/mol. The molecule has 2 aliphatic rings. The summed E-state index contributed by atoms with van der Waals surface area (Å²) in [5.41, 5.74) is -0.148. The van der Waals surface area contributed by atoms with Crippen molar-refractivity contribution in [3.8, 4) is 0 Å².